The lowest BCUT2D eigenvalue weighted by Gasteiger charge is -2.13. The summed E-state index contributed by atoms with van der Waals surface area (Å²) in [6.07, 6.45) is 0.610. The molecule has 0 amide bonds. The molecule has 0 fully saturated rings. The molecule has 0 spiro atoms. The van der Waals surface area contributed by atoms with Crippen LogP contribution in [0.25, 0.3) is 21.9 Å². The van der Waals surface area contributed by atoms with E-state index >= 15 is 0 Å². The second kappa shape index (κ2) is 9.04. The number of nitrogens with zero attached hydrogens (tertiary/aromatic N) is 3. The largest absolute Gasteiger partial charge is 0.384 e. The van der Waals surface area contributed by atoms with Crippen LogP contribution in [-0.2, 0) is 32.5 Å². The zero-order chi connectivity index (χ0) is 21.0. The molecule has 29 heavy (non-hydrogen) atoms. The minimum Gasteiger partial charge on any atom is -0.384 e. The van der Waals surface area contributed by atoms with Crippen molar-refractivity contribution in [2.45, 2.75) is 32.1 Å². The molecular weight excluding hydrogens is 394 g/mol. The van der Waals surface area contributed by atoms with Gasteiger partial charge in [0.25, 0.3) is 0 Å². The van der Waals surface area contributed by atoms with E-state index in [-0.39, 0.29) is 6.73 Å². The number of hydrogen-bond acceptors (Lipinski definition) is 7. The van der Waals surface area contributed by atoms with Crippen molar-refractivity contribution in [2.24, 2.45) is 0 Å². The van der Waals surface area contributed by atoms with E-state index in [9.17, 15) is 8.42 Å². The van der Waals surface area contributed by atoms with Crippen molar-refractivity contribution in [3.8, 4) is 0 Å². The van der Waals surface area contributed by atoms with Gasteiger partial charge < -0.3 is 19.8 Å². The van der Waals surface area contributed by atoms with Gasteiger partial charge >= 0.3 is 0 Å². The Morgan fingerprint density at radius 1 is 1.21 bits per heavy atom. The van der Waals surface area contributed by atoms with Gasteiger partial charge in [-0.3, -0.25) is 0 Å². The van der Waals surface area contributed by atoms with Crippen LogP contribution in [-0.4, -0.2) is 55.3 Å². The van der Waals surface area contributed by atoms with Gasteiger partial charge in [-0.1, -0.05) is 18.2 Å². The zero-order valence-corrected chi connectivity index (χ0v) is 17.7. The van der Waals surface area contributed by atoms with Gasteiger partial charge in [0.15, 0.2) is 5.82 Å². The number of anilines is 1. The fourth-order valence-corrected chi connectivity index (χ4v) is 3.63. The monoisotopic (exact) mass is 421 g/mol. The van der Waals surface area contributed by atoms with Crippen LogP contribution in [0.3, 0.4) is 0 Å². The Labute approximate surface area is 170 Å². The average Bonchev–Trinajstić information content (AvgIpc) is 3.05. The Morgan fingerprint density at radius 3 is 2.69 bits per heavy atom. The van der Waals surface area contributed by atoms with Crippen LogP contribution in [0.5, 0.6) is 0 Å². The van der Waals surface area contributed by atoms with Crippen LogP contribution in [0.2, 0.25) is 0 Å². The highest BCUT2D eigenvalue weighted by molar-refractivity contribution is 7.90. The molecule has 9 nitrogen and oxygen atoms in total. The first kappa shape index (κ1) is 21.4. The van der Waals surface area contributed by atoms with E-state index in [1.165, 1.54) is 0 Å². The predicted octanol–water partition coefficient (Wildman–Crippen LogP) is 1.66. The molecule has 0 aliphatic carbocycles. The molecule has 0 saturated carbocycles. The topological polar surface area (TPSA) is 121 Å². The summed E-state index contributed by atoms with van der Waals surface area (Å²) in [5.41, 5.74) is 8.50. The summed E-state index contributed by atoms with van der Waals surface area (Å²) in [6.45, 7) is 4.47. The molecule has 0 aliphatic rings. The quantitative estimate of drug-likeness (QED) is 0.377. The van der Waals surface area contributed by atoms with Gasteiger partial charge in [0.05, 0.1) is 29.5 Å². The number of nitrogens with one attached hydrogen (secondary N) is 1. The van der Waals surface area contributed by atoms with Crippen LogP contribution < -0.4 is 10.5 Å². The molecule has 0 bridgehead atoms. The number of aromatic nitrogens is 3. The van der Waals surface area contributed by atoms with Crippen molar-refractivity contribution in [1.82, 2.24) is 19.3 Å². The SMILES string of the molecule is COCCc1nc2c(N)nc3ccccc3c2n1CCOCNS(=O)(=O)C(C)C. The first-order valence-electron chi connectivity index (χ1n) is 9.43. The number of imidazole rings is 1. The first-order valence-corrected chi connectivity index (χ1v) is 11.0. The van der Waals surface area contributed by atoms with E-state index in [0.29, 0.717) is 37.5 Å². The molecule has 2 aromatic heterocycles. The van der Waals surface area contributed by atoms with Gasteiger partial charge in [0.2, 0.25) is 10.0 Å². The minimum absolute atomic E-state index is 0.0784. The van der Waals surface area contributed by atoms with Gasteiger partial charge in [-0.05, 0) is 19.9 Å². The highest BCUT2D eigenvalue weighted by atomic mass is 32.2. The number of hydrogen-bond donors (Lipinski definition) is 2. The lowest BCUT2D eigenvalue weighted by molar-refractivity contribution is 0.122. The van der Waals surface area contributed by atoms with Crippen LogP contribution in [0.1, 0.15) is 19.7 Å². The Balaban J connectivity index is 1.86. The highest BCUT2D eigenvalue weighted by Gasteiger charge is 2.18. The maximum atomic E-state index is 11.8. The second-order valence-corrected chi connectivity index (χ2v) is 9.25. The number of ether oxygens (including phenoxy) is 2. The number of para-hydroxylation sites is 1. The zero-order valence-electron chi connectivity index (χ0n) is 16.9. The van der Waals surface area contributed by atoms with E-state index < -0.39 is 15.3 Å². The van der Waals surface area contributed by atoms with Crippen molar-refractivity contribution < 1.29 is 17.9 Å². The van der Waals surface area contributed by atoms with Gasteiger partial charge in [0.1, 0.15) is 18.1 Å². The molecule has 2 heterocycles. The van der Waals surface area contributed by atoms with Crippen LogP contribution in [0.15, 0.2) is 24.3 Å². The molecular formula is C19H27N5O4S. The van der Waals surface area contributed by atoms with Crippen LogP contribution >= 0.6 is 0 Å². The van der Waals surface area contributed by atoms with Crippen molar-refractivity contribution in [2.75, 3.05) is 32.8 Å². The summed E-state index contributed by atoms with van der Waals surface area (Å²) in [5, 5.41) is 0.444. The van der Waals surface area contributed by atoms with Gasteiger partial charge in [-0.2, -0.15) is 4.72 Å². The highest BCUT2D eigenvalue weighted by Crippen LogP contribution is 2.28. The summed E-state index contributed by atoms with van der Waals surface area (Å²) < 4.78 is 38.8. The number of pyridine rings is 1. The summed E-state index contributed by atoms with van der Waals surface area (Å²) in [5.74, 6) is 1.19. The molecule has 3 aromatic rings. The molecule has 0 saturated heterocycles. The smallest absolute Gasteiger partial charge is 0.215 e. The molecule has 158 valence electrons. The van der Waals surface area contributed by atoms with Crippen LogP contribution in [0, 0.1) is 0 Å². The van der Waals surface area contributed by atoms with Crippen LogP contribution in [0.4, 0.5) is 5.82 Å². The fraction of sp³-hybridized carbons (Fsp3) is 0.474. The van der Waals surface area contributed by atoms with E-state index in [1.54, 1.807) is 21.0 Å². The van der Waals surface area contributed by atoms with Gasteiger partial charge in [-0.25, -0.2) is 18.4 Å². The molecule has 0 atom stereocenters. The summed E-state index contributed by atoms with van der Waals surface area (Å²) in [6, 6.07) is 7.76. The van der Waals surface area contributed by atoms with Crippen molar-refractivity contribution in [1.29, 1.82) is 0 Å². The lowest BCUT2D eigenvalue weighted by atomic mass is 10.2. The number of benzene rings is 1. The number of rotatable bonds is 10. The Hall–Kier alpha value is -2.27. The molecule has 0 unspecified atom stereocenters. The van der Waals surface area contributed by atoms with E-state index in [4.69, 9.17) is 15.2 Å². The normalized spacial score (nSPS) is 12.4. The first-order chi connectivity index (χ1) is 13.8. The van der Waals surface area contributed by atoms with Gasteiger partial charge in [-0.15, -0.1) is 0 Å². The molecule has 0 aliphatic heterocycles. The number of methoxy groups -OCH3 is 1. The number of sulfonamides is 1. The third-order valence-electron chi connectivity index (χ3n) is 4.66. The minimum atomic E-state index is -3.36. The molecule has 1 aromatic carbocycles. The van der Waals surface area contributed by atoms with E-state index in [2.05, 4.69) is 14.7 Å². The average molecular weight is 422 g/mol. The summed E-state index contributed by atoms with van der Waals surface area (Å²) in [7, 11) is -1.72. The number of fused-ring (bicyclic) bond motifs is 3. The Bertz CT molecular complexity index is 1090. The number of nitrogen functional groups attached to an aromatic ring is 1. The Morgan fingerprint density at radius 2 is 1.97 bits per heavy atom. The summed E-state index contributed by atoms with van der Waals surface area (Å²) >= 11 is 0. The van der Waals surface area contributed by atoms with Crippen molar-refractivity contribution in [3.63, 3.8) is 0 Å². The lowest BCUT2D eigenvalue weighted by Crippen LogP contribution is -2.33. The maximum absolute atomic E-state index is 11.8. The van der Waals surface area contributed by atoms with E-state index in [0.717, 1.165) is 22.2 Å². The Kier molecular flexibility index (Phi) is 6.68. The molecule has 10 heteroatoms. The fourth-order valence-electron chi connectivity index (χ4n) is 3.05. The third kappa shape index (κ3) is 4.67. The van der Waals surface area contributed by atoms with Crippen molar-refractivity contribution in [3.05, 3.63) is 30.1 Å². The molecule has 3 rings (SSSR count). The standard InChI is InChI=1S/C19H27N5O4S/c1-13(2)29(25,26)21-12-28-11-9-24-16(8-10-27-3)23-17-18(24)14-6-4-5-7-15(14)22-19(17)20/h4-7,13,21H,8-12H2,1-3H3,(H2,20,22). The second-order valence-electron chi connectivity index (χ2n) is 6.92. The van der Waals surface area contributed by atoms with E-state index in [1.807, 2.05) is 28.8 Å². The molecule has 3 N–H and O–H groups in total. The van der Waals surface area contributed by atoms with Gasteiger partial charge in [0, 0.05) is 25.5 Å². The number of nitrogens with two attached hydrogens (primary N) is 1. The third-order valence-corrected chi connectivity index (χ3v) is 6.42. The predicted molar refractivity (Wildman–Crippen MR) is 113 cm³/mol. The van der Waals surface area contributed by atoms with Crippen molar-refractivity contribution >= 4 is 37.8 Å². The summed E-state index contributed by atoms with van der Waals surface area (Å²) in [4.78, 5) is 9.14. The molecule has 0 radical (unpaired) electrons. The maximum Gasteiger partial charge on any atom is 0.215 e.